The monoisotopic (exact) mass is 860 g/mol. The zero-order valence-electron chi connectivity index (χ0n) is 38.0. The first-order valence-corrected chi connectivity index (χ1v) is 23.5. The molecule has 6 N–H and O–H groups in total. The first-order valence-electron chi connectivity index (χ1n) is 23.5. The van der Waals surface area contributed by atoms with Gasteiger partial charge in [-0.25, -0.2) is 0 Å². The summed E-state index contributed by atoms with van der Waals surface area (Å²) in [5.74, 6) is -2.83. The van der Waals surface area contributed by atoms with Gasteiger partial charge in [0.2, 0.25) is 5.91 Å². The van der Waals surface area contributed by atoms with Crippen molar-refractivity contribution >= 4 is 23.6 Å². The highest BCUT2D eigenvalue weighted by Crippen LogP contribution is 2.26. The maximum absolute atomic E-state index is 13.6. The summed E-state index contributed by atoms with van der Waals surface area (Å²) in [5.41, 5.74) is 0. The number of unbranched alkanes of at least 4 members (excludes halogenated alkanes) is 12. The molecule has 1 heterocycles. The van der Waals surface area contributed by atoms with E-state index in [1.165, 1.54) is 0 Å². The minimum absolute atomic E-state index is 0.128. The molecule has 0 aromatic carbocycles. The number of aliphatic hydroxyl groups is 5. The zero-order chi connectivity index (χ0) is 44.9. The average molecular weight is 860 g/mol. The number of carbonyl (C=O) groups excluding carboxylic acids is 4. The zero-order valence-corrected chi connectivity index (χ0v) is 38.0. The predicted molar refractivity (Wildman–Crippen MR) is 230 cm³/mol. The predicted octanol–water partition coefficient (Wildman–Crippen LogP) is 6.37. The van der Waals surface area contributed by atoms with E-state index >= 15 is 0 Å². The summed E-state index contributed by atoms with van der Waals surface area (Å²) >= 11 is 0. The molecule has 0 aromatic heterocycles. The molecule has 1 fully saturated rings. The number of hydrogen-bond acceptors (Lipinski definition) is 13. The molecule has 0 bridgehead atoms. The second-order valence-electron chi connectivity index (χ2n) is 17.5. The largest absolute Gasteiger partial charge is 0.462 e. The summed E-state index contributed by atoms with van der Waals surface area (Å²) in [7, 11) is 0. The Bertz CT molecular complexity index is 1160. The second kappa shape index (κ2) is 33.4. The number of Topliss-reactive ketones (excluding diaryl/α,β-unsaturated/α-hetero) is 1. The first-order chi connectivity index (χ1) is 28.7. The topological polar surface area (TPSA) is 218 Å². The third-order valence-corrected chi connectivity index (χ3v) is 11.3. The quantitative estimate of drug-likeness (QED) is 0.0299. The van der Waals surface area contributed by atoms with Gasteiger partial charge in [0.15, 0.2) is 6.29 Å². The summed E-state index contributed by atoms with van der Waals surface area (Å²) in [6.45, 7) is 11.0. The van der Waals surface area contributed by atoms with Crippen LogP contribution in [0.1, 0.15) is 189 Å². The molecule has 10 atom stereocenters. The Labute approximate surface area is 361 Å². The molecule has 14 nitrogen and oxygen atoms in total. The molecule has 14 heteroatoms. The van der Waals surface area contributed by atoms with Crippen LogP contribution in [-0.4, -0.2) is 117 Å². The number of nitrogens with one attached hydrogen (secondary N) is 1. The number of hydrogen-bond donors (Lipinski definition) is 6. The maximum atomic E-state index is 13.6. The fraction of sp³-hybridized carbons (Fsp3) is 0.913. The van der Waals surface area contributed by atoms with Gasteiger partial charge in [-0.15, -0.1) is 0 Å². The van der Waals surface area contributed by atoms with Crippen molar-refractivity contribution in [3.05, 3.63) is 0 Å². The van der Waals surface area contributed by atoms with Gasteiger partial charge in [-0.2, -0.15) is 0 Å². The number of amides is 1. The summed E-state index contributed by atoms with van der Waals surface area (Å²) < 4.78 is 23.6. The number of ether oxygens (including phenoxy) is 4. The lowest BCUT2D eigenvalue weighted by Crippen LogP contribution is -2.58. The molecule has 0 radical (unpaired) electrons. The van der Waals surface area contributed by atoms with Crippen LogP contribution in [0.3, 0.4) is 0 Å². The molecular weight excluding hydrogens is 774 g/mol. The highest BCUT2D eigenvalue weighted by molar-refractivity contribution is 5.87. The van der Waals surface area contributed by atoms with Gasteiger partial charge in [0, 0.05) is 12.8 Å². The normalized spacial score (nSPS) is 21.8. The number of carbonyl (C=O) groups is 4. The Kier molecular flexibility index (Phi) is 31.0. The van der Waals surface area contributed by atoms with E-state index in [0.717, 1.165) is 96.3 Å². The Morgan fingerprint density at radius 3 is 1.53 bits per heavy atom. The van der Waals surface area contributed by atoms with Crippen LogP contribution < -0.4 is 5.32 Å². The Balaban J connectivity index is 3.11. The molecule has 1 rings (SSSR count). The van der Waals surface area contributed by atoms with E-state index in [4.69, 9.17) is 18.9 Å². The molecule has 60 heavy (non-hydrogen) atoms. The minimum atomic E-state index is -1.52. The summed E-state index contributed by atoms with van der Waals surface area (Å²) in [6.07, 6.45) is 6.82. The fourth-order valence-electron chi connectivity index (χ4n) is 7.62. The Hall–Kier alpha value is -2.20. The third kappa shape index (κ3) is 24.4. The molecule has 10 unspecified atom stereocenters. The van der Waals surface area contributed by atoms with Crippen molar-refractivity contribution in [2.45, 2.75) is 244 Å². The van der Waals surface area contributed by atoms with Gasteiger partial charge in [-0.3, -0.25) is 19.2 Å². The van der Waals surface area contributed by atoms with Crippen LogP contribution in [0.4, 0.5) is 0 Å². The lowest BCUT2D eigenvalue weighted by Gasteiger charge is -2.40. The number of esters is 2. The molecular formula is C46H85NO13. The molecule has 1 amide bonds. The van der Waals surface area contributed by atoms with Crippen molar-refractivity contribution in [2.75, 3.05) is 13.2 Å². The van der Waals surface area contributed by atoms with E-state index in [2.05, 4.69) is 26.1 Å². The molecule has 1 aliphatic heterocycles. The molecule has 0 saturated carbocycles. The minimum Gasteiger partial charge on any atom is -0.462 e. The van der Waals surface area contributed by atoms with Crippen molar-refractivity contribution in [3.63, 3.8) is 0 Å². The second-order valence-corrected chi connectivity index (χ2v) is 17.5. The molecule has 0 aromatic rings. The van der Waals surface area contributed by atoms with Gasteiger partial charge in [-0.1, -0.05) is 118 Å². The van der Waals surface area contributed by atoms with Crippen LogP contribution in [0.2, 0.25) is 0 Å². The van der Waals surface area contributed by atoms with Gasteiger partial charge in [0.1, 0.15) is 36.3 Å². The molecule has 1 saturated heterocycles. The van der Waals surface area contributed by atoms with E-state index in [9.17, 15) is 44.7 Å². The molecule has 352 valence electrons. The smallest absolute Gasteiger partial charge is 0.309 e. The summed E-state index contributed by atoms with van der Waals surface area (Å²) in [4.78, 5) is 53.5. The van der Waals surface area contributed by atoms with Gasteiger partial charge in [-0.05, 0) is 51.4 Å². The lowest BCUT2D eigenvalue weighted by atomic mass is 9.96. The molecule has 1 aliphatic rings. The fourth-order valence-corrected chi connectivity index (χ4v) is 7.62. The van der Waals surface area contributed by atoms with E-state index < -0.39 is 85.4 Å². The highest BCUT2D eigenvalue weighted by Gasteiger charge is 2.43. The molecule has 0 spiro atoms. The van der Waals surface area contributed by atoms with Crippen molar-refractivity contribution in [2.24, 2.45) is 11.8 Å². The average Bonchev–Trinajstić information content (AvgIpc) is 3.19. The third-order valence-electron chi connectivity index (χ3n) is 11.3. The van der Waals surface area contributed by atoms with E-state index in [1.54, 1.807) is 6.92 Å². The van der Waals surface area contributed by atoms with Crippen LogP contribution in [-0.2, 0) is 38.1 Å². The SMILES string of the molecule is CCCCCCCC(CC(=O)CC(CO)C(=O)NC(CO)CC(C)C)OC(=O)CC(CCCCCCC)OC(=O)CC(CCCCCCC)OC1OC(C)C(O)C(O)C1O. The van der Waals surface area contributed by atoms with Crippen molar-refractivity contribution in [3.8, 4) is 0 Å². The van der Waals surface area contributed by atoms with Crippen LogP contribution >= 0.6 is 0 Å². The standard InChI is InChI=1S/C46H85NO13/c1-7-10-13-16-19-22-37(27-36(50)26-34(30-48)45(56)47-35(31-49)25-32(4)5)58-40(51)28-38(23-20-17-14-11-8-2)59-41(52)29-39(24-21-18-15-12-9-3)60-46-44(55)43(54)42(53)33(6)57-46/h32-35,37-39,42-44,46,48-49,53-55H,7-31H2,1-6H3,(H,47,56). The van der Waals surface area contributed by atoms with Crippen LogP contribution in [0.25, 0.3) is 0 Å². The van der Waals surface area contributed by atoms with Gasteiger partial charge >= 0.3 is 11.9 Å². The number of rotatable bonds is 36. The summed E-state index contributed by atoms with van der Waals surface area (Å²) in [5, 5.41) is 53.7. The van der Waals surface area contributed by atoms with Crippen molar-refractivity contribution in [1.82, 2.24) is 5.32 Å². The van der Waals surface area contributed by atoms with E-state index in [-0.39, 0.29) is 44.0 Å². The van der Waals surface area contributed by atoms with Crippen LogP contribution in [0.5, 0.6) is 0 Å². The van der Waals surface area contributed by atoms with Gasteiger partial charge in [0.05, 0.1) is 50.2 Å². The number of ketones is 1. The van der Waals surface area contributed by atoms with E-state index in [0.29, 0.717) is 25.7 Å². The lowest BCUT2D eigenvalue weighted by molar-refractivity contribution is -0.304. The van der Waals surface area contributed by atoms with E-state index in [1.807, 2.05) is 13.8 Å². The Morgan fingerprint density at radius 2 is 1.07 bits per heavy atom. The highest BCUT2D eigenvalue weighted by atomic mass is 16.7. The summed E-state index contributed by atoms with van der Waals surface area (Å²) in [6, 6.07) is -0.493. The van der Waals surface area contributed by atoms with Crippen LogP contribution in [0.15, 0.2) is 0 Å². The molecule has 0 aliphatic carbocycles. The van der Waals surface area contributed by atoms with Gasteiger partial charge in [0.25, 0.3) is 0 Å². The Morgan fingerprint density at radius 1 is 0.600 bits per heavy atom. The van der Waals surface area contributed by atoms with Gasteiger partial charge < -0.3 is 49.8 Å². The van der Waals surface area contributed by atoms with Crippen molar-refractivity contribution < 1.29 is 63.7 Å². The first kappa shape index (κ1) is 55.8. The van der Waals surface area contributed by atoms with Crippen LogP contribution in [0, 0.1) is 11.8 Å². The van der Waals surface area contributed by atoms with Crippen molar-refractivity contribution in [1.29, 1.82) is 0 Å². The number of aliphatic hydroxyl groups excluding tert-OH is 5. The maximum Gasteiger partial charge on any atom is 0.309 e.